The summed E-state index contributed by atoms with van der Waals surface area (Å²) >= 11 is 0. The predicted molar refractivity (Wildman–Crippen MR) is 55.0 cm³/mol. The molecule has 0 bridgehead atoms. The van der Waals surface area contributed by atoms with E-state index in [9.17, 15) is 18.0 Å². The highest BCUT2D eigenvalue weighted by Gasteiger charge is 2.39. The zero-order valence-electron chi connectivity index (χ0n) is 9.67. The van der Waals surface area contributed by atoms with Crippen LogP contribution in [0, 0.1) is 6.92 Å². The maximum Gasteiger partial charge on any atom is 0.433 e. The molecule has 18 heavy (non-hydrogen) atoms. The summed E-state index contributed by atoms with van der Waals surface area (Å²) in [5.41, 5.74) is -1.65. The first-order valence-corrected chi connectivity index (χ1v) is 5.40. The number of alkyl halides is 3. The number of hydrogen-bond donors (Lipinski definition) is 1. The Labute approximate surface area is 101 Å². The molecule has 1 aliphatic heterocycles. The van der Waals surface area contributed by atoms with Gasteiger partial charge in [-0.05, 0) is 6.92 Å². The van der Waals surface area contributed by atoms with Crippen LogP contribution in [0.1, 0.15) is 22.0 Å². The van der Waals surface area contributed by atoms with Gasteiger partial charge in [-0.2, -0.15) is 13.2 Å². The van der Waals surface area contributed by atoms with E-state index >= 15 is 0 Å². The molecule has 0 radical (unpaired) electrons. The number of aryl methyl sites for hydroxylation is 1. The van der Waals surface area contributed by atoms with Crippen molar-refractivity contribution < 1.29 is 22.7 Å². The lowest BCUT2D eigenvalue weighted by atomic mass is 10.2. The molecular formula is C10H12F3N3O2. The third-order valence-electron chi connectivity index (χ3n) is 2.61. The minimum absolute atomic E-state index is 0.0685. The number of nitrogens with one attached hydrogen (secondary N) is 1. The van der Waals surface area contributed by atoms with Crippen molar-refractivity contribution in [3.63, 3.8) is 0 Å². The molecule has 5 nitrogen and oxygen atoms in total. The Morgan fingerprint density at radius 1 is 1.39 bits per heavy atom. The Balaban J connectivity index is 2.29. The highest BCUT2D eigenvalue weighted by molar-refractivity contribution is 5.93. The molecule has 1 aromatic rings. The van der Waals surface area contributed by atoms with E-state index in [4.69, 9.17) is 4.74 Å². The Morgan fingerprint density at radius 3 is 2.56 bits per heavy atom. The number of carbonyl (C=O) groups is 1. The van der Waals surface area contributed by atoms with Crippen molar-refractivity contribution in [3.8, 4) is 0 Å². The topological polar surface area (TPSA) is 58.2 Å². The van der Waals surface area contributed by atoms with Crippen molar-refractivity contribution >= 4 is 5.91 Å². The lowest BCUT2D eigenvalue weighted by molar-refractivity contribution is -0.141. The van der Waals surface area contributed by atoms with Crippen LogP contribution in [0.15, 0.2) is 0 Å². The lowest BCUT2D eigenvalue weighted by Crippen LogP contribution is -2.41. The van der Waals surface area contributed by atoms with Crippen LogP contribution in [-0.2, 0) is 10.9 Å². The fraction of sp³-hybridized carbons (Fsp3) is 0.600. The van der Waals surface area contributed by atoms with Crippen LogP contribution in [-0.4, -0.2) is 47.1 Å². The molecule has 2 rings (SSSR count). The highest BCUT2D eigenvalue weighted by atomic mass is 19.4. The van der Waals surface area contributed by atoms with Crippen LogP contribution in [0.4, 0.5) is 13.2 Å². The average molecular weight is 263 g/mol. The number of rotatable bonds is 1. The minimum Gasteiger partial charge on any atom is -0.378 e. The minimum atomic E-state index is -4.61. The summed E-state index contributed by atoms with van der Waals surface area (Å²) in [6, 6.07) is 0. The average Bonchev–Trinajstić information content (AvgIpc) is 2.71. The number of nitrogens with zero attached hydrogens (tertiary/aromatic N) is 2. The number of aromatic amines is 1. The Morgan fingerprint density at radius 2 is 2.00 bits per heavy atom. The first-order valence-electron chi connectivity index (χ1n) is 5.40. The van der Waals surface area contributed by atoms with Crippen LogP contribution in [0.2, 0.25) is 0 Å². The van der Waals surface area contributed by atoms with E-state index in [2.05, 4.69) is 9.97 Å². The SMILES string of the molecule is Cc1nc(C(=O)N2CCOCC2)c(C(F)(F)F)[nH]1. The molecule has 1 aliphatic rings. The van der Waals surface area contributed by atoms with Crippen LogP contribution in [0.5, 0.6) is 0 Å². The lowest BCUT2D eigenvalue weighted by Gasteiger charge is -2.26. The Bertz CT molecular complexity index is 450. The van der Waals surface area contributed by atoms with E-state index in [1.165, 1.54) is 11.8 Å². The normalized spacial score (nSPS) is 17.0. The van der Waals surface area contributed by atoms with Crippen LogP contribution in [0.3, 0.4) is 0 Å². The largest absolute Gasteiger partial charge is 0.433 e. The van der Waals surface area contributed by atoms with Crippen molar-refractivity contribution in [1.82, 2.24) is 14.9 Å². The van der Waals surface area contributed by atoms with Gasteiger partial charge in [0.25, 0.3) is 5.91 Å². The molecule has 8 heteroatoms. The van der Waals surface area contributed by atoms with Gasteiger partial charge in [0.05, 0.1) is 13.2 Å². The number of ether oxygens (including phenoxy) is 1. The summed E-state index contributed by atoms with van der Waals surface area (Å²) < 4.78 is 43.2. The summed E-state index contributed by atoms with van der Waals surface area (Å²) in [5, 5.41) is 0. The number of amides is 1. The summed E-state index contributed by atoms with van der Waals surface area (Å²) in [7, 11) is 0. The zero-order chi connectivity index (χ0) is 13.3. The quantitative estimate of drug-likeness (QED) is 0.828. The van der Waals surface area contributed by atoms with Gasteiger partial charge in [-0.3, -0.25) is 4.79 Å². The van der Waals surface area contributed by atoms with E-state index in [1.807, 2.05) is 0 Å². The van der Waals surface area contributed by atoms with Gasteiger partial charge in [-0.15, -0.1) is 0 Å². The Hall–Kier alpha value is -1.57. The second-order valence-corrected chi connectivity index (χ2v) is 3.95. The molecule has 0 spiro atoms. The molecule has 1 fully saturated rings. The van der Waals surface area contributed by atoms with Gasteiger partial charge in [-0.1, -0.05) is 0 Å². The zero-order valence-corrected chi connectivity index (χ0v) is 9.67. The number of hydrogen-bond acceptors (Lipinski definition) is 3. The second kappa shape index (κ2) is 4.60. The number of H-pyrrole nitrogens is 1. The summed E-state index contributed by atoms with van der Waals surface area (Å²) in [5.74, 6) is -0.645. The van der Waals surface area contributed by atoms with Crippen molar-refractivity contribution in [2.75, 3.05) is 26.3 Å². The van der Waals surface area contributed by atoms with Gasteiger partial charge in [0.1, 0.15) is 5.82 Å². The smallest absolute Gasteiger partial charge is 0.378 e. The van der Waals surface area contributed by atoms with E-state index in [-0.39, 0.29) is 18.9 Å². The molecule has 1 amide bonds. The highest BCUT2D eigenvalue weighted by Crippen LogP contribution is 2.31. The molecule has 1 saturated heterocycles. The van der Waals surface area contributed by atoms with Crippen molar-refractivity contribution in [1.29, 1.82) is 0 Å². The third kappa shape index (κ3) is 2.47. The molecule has 100 valence electrons. The molecule has 0 saturated carbocycles. The number of aromatic nitrogens is 2. The first kappa shape index (κ1) is 12.9. The first-order chi connectivity index (χ1) is 8.39. The van der Waals surface area contributed by atoms with Gasteiger partial charge in [-0.25, -0.2) is 4.98 Å². The van der Waals surface area contributed by atoms with Crippen molar-refractivity contribution in [3.05, 3.63) is 17.2 Å². The maximum atomic E-state index is 12.7. The van der Waals surface area contributed by atoms with E-state index in [0.717, 1.165) is 0 Å². The number of carbonyl (C=O) groups excluding carboxylic acids is 1. The van der Waals surface area contributed by atoms with E-state index < -0.39 is 23.5 Å². The van der Waals surface area contributed by atoms with Gasteiger partial charge in [0.2, 0.25) is 0 Å². The van der Waals surface area contributed by atoms with Gasteiger partial charge in [0.15, 0.2) is 11.4 Å². The fourth-order valence-corrected chi connectivity index (χ4v) is 1.77. The van der Waals surface area contributed by atoms with Crippen molar-refractivity contribution in [2.45, 2.75) is 13.1 Å². The molecule has 1 aromatic heterocycles. The molecule has 1 N–H and O–H groups in total. The standard InChI is InChI=1S/C10H12F3N3O2/c1-6-14-7(8(15-6)10(11,12)13)9(17)16-2-4-18-5-3-16/h2-5H2,1H3,(H,14,15). The van der Waals surface area contributed by atoms with Gasteiger partial charge >= 0.3 is 6.18 Å². The second-order valence-electron chi connectivity index (χ2n) is 3.95. The van der Waals surface area contributed by atoms with Gasteiger partial charge < -0.3 is 14.6 Å². The van der Waals surface area contributed by atoms with E-state index in [0.29, 0.717) is 13.2 Å². The number of imidazole rings is 1. The summed E-state index contributed by atoms with van der Waals surface area (Å²) in [6.45, 7) is 2.60. The summed E-state index contributed by atoms with van der Waals surface area (Å²) in [4.78, 5) is 19.0. The summed E-state index contributed by atoms with van der Waals surface area (Å²) in [6.07, 6.45) is -4.61. The number of halogens is 3. The monoisotopic (exact) mass is 263 g/mol. The fourth-order valence-electron chi connectivity index (χ4n) is 1.77. The predicted octanol–water partition coefficient (Wildman–Crippen LogP) is 1.21. The van der Waals surface area contributed by atoms with Crippen LogP contribution in [0.25, 0.3) is 0 Å². The molecule has 0 aromatic carbocycles. The van der Waals surface area contributed by atoms with E-state index in [1.54, 1.807) is 0 Å². The maximum absolute atomic E-state index is 12.7. The van der Waals surface area contributed by atoms with Crippen molar-refractivity contribution in [2.24, 2.45) is 0 Å². The van der Waals surface area contributed by atoms with Crippen LogP contribution < -0.4 is 0 Å². The molecule has 0 unspecified atom stereocenters. The molecule has 0 atom stereocenters. The molecule has 2 heterocycles. The van der Waals surface area contributed by atoms with Gasteiger partial charge in [0, 0.05) is 13.1 Å². The molecule has 0 aliphatic carbocycles. The Kier molecular flexibility index (Phi) is 3.29. The third-order valence-corrected chi connectivity index (χ3v) is 2.61. The van der Waals surface area contributed by atoms with Crippen LogP contribution >= 0.6 is 0 Å². The number of morpholine rings is 1. The molecular weight excluding hydrogens is 251 g/mol.